The van der Waals surface area contributed by atoms with Gasteiger partial charge in [-0.2, -0.15) is 0 Å². The first-order valence-corrected chi connectivity index (χ1v) is 11.8. The highest BCUT2D eigenvalue weighted by atomic mass is 32.2. The predicted molar refractivity (Wildman–Crippen MR) is 113 cm³/mol. The molecule has 2 aliphatic rings. The van der Waals surface area contributed by atoms with E-state index in [1.165, 1.54) is 4.90 Å². The maximum atomic E-state index is 12.9. The molecule has 8 nitrogen and oxygen atoms in total. The van der Waals surface area contributed by atoms with E-state index < -0.39 is 39.4 Å². The van der Waals surface area contributed by atoms with Crippen LogP contribution in [0.5, 0.6) is 0 Å². The molecule has 30 heavy (non-hydrogen) atoms. The molecule has 1 aromatic rings. The fourth-order valence-corrected chi connectivity index (χ4v) is 5.87. The Labute approximate surface area is 178 Å². The molecule has 168 valence electrons. The highest BCUT2D eigenvalue weighted by molar-refractivity contribution is 7.89. The minimum atomic E-state index is -3.68. The van der Waals surface area contributed by atoms with Crippen LogP contribution in [0.3, 0.4) is 0 Å². The zero-order valence-corrected chi connectivity index (χ0v) is 19.0. The van der Waals surface area contributed by atoms with Crippen LogP contribution in [0, 0.1) is 0 Å². The molecule has 0 aromatic heterocycles. The van der Waals surface area contributed by atoms with Crippen LogP contribution in [0.25, 0.3) is 0 Å². The Balaban J connectivity index is 1.80. The van der Waals surface area contributed by atoms with Crippen LogP contribution in [0.2, 0.25) is 0 Å². The average molecular weight is 441 g/mol. The number of nitrogens with one attached hydrogen (secondary N) is 1. The standard InChI is InChI=1S/C21H32N2O6S/c1-20(2,3)23(19(24)25)18-10-14-8-6-7-9-16(14)17(18)13-30(26,27)22-11-15-12-28-21(4,5)29-15/h6-9,15,17-18,22H,10-13H2,1-5H3,(H,24,25)/t15?,17-,18-/m1/s1. The minimum absolute atomic E-state index is 0.118. The molecule has 0 bridgehead atoms. The van der Waals surface area contributed by atoms with E-state index in [0.29, 0.717) is 13.0 Å². The fourth-order valence-electron chi connectivity index (χ4n) is 4.43. The third-order valence-electron chi connectivity index (χ3n) is 5.61. The molecule has 1 fully saturated rings. The summed E-state index contributed by atoms with van der Waals surface area (Å²) < 4.78 is 39.6. The molecule has 1 aliphatic heterocycles. The summed E-state index contributed by atoms with van der Waals surface area (Å²) in [6, 6.07) is 7.14. The van der Waals surface area contributed by atoms with E-state index in [1.807, 2.05) is 45.0 Å². The molecular weight excluding hydrogens is 408 g/mol. The van der Waals surface area contributed by atoms with Gasteiger partial charge in [0.2, 0.25) is 10.0 Å². The molecule has 0 spiro atoms. The van der Waals surface area contributed by atoms with Crippen molar-refractivity contribution < 1.29 is 27.8 Å². The lowest BCUT2D eigenvalue weighted by Crippen LogP contribution is -2.53. The van der Waals surface area contributed by atoms with Crippen LogP contribution >= 0.6 is 0 Å². The first kappa shape index (κ1) is 23.0. The zero-order valence-electron chi connectivity index (χ0n) is 18.2. The van der Waals surface area contributed by atoms with E-state index in [-0.39, 0.29) is 18.4 Å². The second kappa shape index (κ2) is 8.11. The summed E-state index contributed by atoms with van der Waals surface area (Å²) in [4.78, 5) is 13.5. The molecule has 1 aromatic carbocycles. The predicted octanol–water partition coefficient (Wildman–Crippen LogP) is 2.54. The smallest absolute Gasteiger partial charge is 0.408 e. The number of carboxylic acid groups (broad SMARTS) is 1. The molecule has 0 radical (unpaired) electrons. The Hall–Kier alpha value is -1.68. The summed E-state index contributed by atoms with van der Waals surface area (Å²) in [5, 5.41) is 9.89. The van der Waals surface area contributed by atoms with E-state index in [9.17, 15) is 18.3 Å². The largest absolute Gasteiger partial charge is 0.465 e. The molecule has 2 N–H and O–H groups in total. The average Bonchev–Trinajstić information content (AvgIpc) is 3.12. The Morgan fingerprint density at radius 1 is 1.30 bits per heavy atom. The van der Waals surface area contributed by atoms with Crippen LogP contribution < -0.4 is 4.72 Å². The van der Waals surface area contributed by atoms with Gasteiger partial charge >= 0.3 is 6.09 Å². The zero-order chi connectivity index (χ0) is 22.3. The molecule has 1 heterocycles. The van der Waals surface area contributed by atoms with E-state index >= 15 is 0 Å². The Morgan fingerprint density at radius 3 is 2.53 bits per heavy atom. The maximum absolute atomic E-state index is 12.9. The third-order valence-corrected chi connectivity index (χ3v) is 7.01. The Bertz CT molecular complexity index is 893. The summed E-state index contributed by atoms with van der Waals surface area (Å²) in [6.45, 7) is 9.49. The molecule has 0 saturated carbocycles. The van der Waals surface area contributed by atoms with Crippen LogP contribution in [0.15, 0.2) is 24.3 Å². The fraction of sp³-hybridized carbons (Fsp3) is 0.667. The van der Waals surface area contributed by atoms with Crippen molar-refractivity contribution in [3.8, 4) is 0 Å². The molecule has 3 rings (SSSR count). The summed E-state index contributed by atoms with van der Waals surface area (Å²) in [5.74, 6) is -1.36. The number of carbonyl (C=O) groups is 1. The van der Waals surface area contributed by atoms with Gasteiger partial charge in [0.1, 0.15) is 0 Å². The molecule has 1 saturated heterocycles. The van der Waals surface area contributed by atoms with E-state index in [2.05, 4.69) is 4.72 Å². The Morgan fingerprint density at radius 2 is 1.97 bits per heavy atom. The van der Waals surface area contributed by atoms with E-state index in [1.54, 1.807) is 13.8 Å². The first-order chi connectivity index (χ1) is 13.8. The Kier molecular flexibility index (Phi) is 6.21. The van der Waals surface area contributed by atoms with Gasteiger partial charge in [0.15, 0.2) is 5.79 Å². The quantitative estimate of drug-likeness (QED) is 0.704. The second-order valence-corrected chi connectivity index (χ2v) is 11.3. The molecule has 1 unspecified atom stereocenters. The summed E-state index contributed by atoms with van der Waals surface area (Å²) in [7, 11) is -3.68. The van der Waals surface area contributed by atoms with Gasteiger partial charge in [-0.25, -0.2) is 17.9 Å². The topological polar surface area (TPSA) is 105 Å². The third kappa shape index (κ3) is 5.14. The number of amides is 1. The number of ether oxygens (including phenoxy) is 2. The maximum Gasteiger partial charge on any atom is 0.408 e. The van der Waals surface area contributed by atoms with Gasteiger partial charge in [0.25, 0.3) is 0 Å². The van der Waals surface area contributed by atoms with Gasteiger partial charge in [0, 0.05) is 24.0 Å². The molecule has 1 aliphatic carbocycles. The molecule has 9 heteroatoms. The lowest BCUT2D eigenvalue weighted by atomic mass is 9.95. The van der Waals surface area contributed by atoms with Gasteiger partial charge in [-0.15, -0.1) is 0 Å². The number of sulfonamides is 1. The van der Waals surface area contributed by atoms with Crippen molar-refractivity contribution >= 4 is 16.1 Å². The molecular formula is C21H32N2O6S. The van der Waals surface area contributed by atoms with Crippen molar-refractivity contribution in [1.82, 2.24) is 9.62 Å². The lowest BCUT2D eigenvalue weighted by molar-refractivity contribution is -0.137. The van der Waals surface area contributed by atoms with Gasteiger partial charge < -0.3 is 14.6 Å². The van der Waals surface area contributed by atoms with Crippen molar-refractivity contribution in [2.24, 2.45) is 0 Å². The normalized spacial score (nSPS) is 25.8. The number of hydrogen-bond acceptors (Lipinski definition) is 5. The first-order valence-electron chi connectivity index (χ1n) is 10.2. The monoisotopic (exact) mass is 440 g/mol. The van der Waals surface area contributed by atoms with Crippen molar-refractivity contribution in [3.05, 3.63) is 35.4 Å². The molecule has 1 amide bonds. The lowest BCUT2D eigenvalue weighted by Gasteiger charge is -2.40. The summed E-state index contributed by atoms with van der Waals surface area (Å²) in [6.07, 6.45) is -0.908. The van der Waals surface area contributed by atoms with Gasteiger partial charge in [-0.05, 0) is 52.2 Å². The summed E-state index contributed by atoms with van der Waals surface area (Å²) in [5.41, 5.74) is 1.23. The van der Waals surface area contributed by atoms with Gasteiger partial charge in [-0.3, -0.25) is 4.90 Å². The van der Waals surface area contributed by atoms with Crippen LogP contribution in [0.4, 0.5) is 4.79 Å². The number of fused-ring (bicyclic) bond motifs is 1. The SMILES string of the molecule is CC1(C)OCC(CNS(=O)(=O)C[C@@H]2c3ccccc3C[C@H]2N(C(=O)O)C(C)(C)C)O1. The van der Waals surface area contributed by atoms with Crippen LogP contribution in [0.1, 0.15) is 51.7 Å². The molecule has 3 atom stereocenters. The number of hydrogen-bond donors (Lipinski definition) is 2. The van der Waals surface area contributed by atoms with Crippen molar-refractivity contribution in [2.45, 2.75) is 70.4 Å². The second-order valence-electron chi connectivity index (χ2n) is 9.48. The van der Waals surface area contributed by atoms with Crippen LogP contribution in [-0.4, -0.2) is 66.9 Å². The highest BCUT2D eigenvalue weighted by Gasteiger charge is 2.44. The summed E-state index contributed by atoms with van der Waals surface area (Å²) >= 11 is 0. The van der Waals surface area contributed by atoms with Crippen molar-refractivity contribution in [2.75, 3.05) is 18.9 Å². The highest BCUT2D eigenvalue weighted by Crippen LogP contribution is 2.39. The van der Waals surface area contributed by atoms with Crippen molar-refractivity contribution in [3.63, 3.8) is 0 Å². The number of nitrogens with zero attached hydrogens (tertiary/aromatic N) is 1. The minimum Gasteiger partial charge on any atom is -0.465 e. The van der Waals surface area contributed by atoms with E-state index in [0.717, 1.165) is 11.1 Å². The van der Waals surface area contributed by atoms with E-state index in [4.69, 9.17) is 9.47 Å². The van der Waals surface area contributed by atoms with Crippen LogP contribution in [-0.2, 0) is 25.9 Å². The number of benzene rings is 1. The van der Waals surface area contributed by atoms with Gasteiger partial charge in [0.05, 0.1) is 18.5 Å². The number of rotatable bonds is 6. The van der Waals surface area contributed by atoms with Gasteiger partial charge in [-0.1, -0.05) is 24.3 Å². The van der Waals surface area contributed by atoms with Crippen molar-refractivity contribution in [1.29, 1.82) is 0 Å².